The van der Waals surface area contributed by atoms with E-state index in [9.17, 15) is 9.18 Å². The normalized spacial score (nSPS) is 19.6. The molecule has 2 atom stereocenters. The molecule has 7 heteroatoms. The van der Waals surface area contributed by atoms with Gasteiger partial charge in [-0.2, -0.15) is 0 Å². The molecule has 2 heterocycles. The third-order valence-electron chi connectivity index (χ3n) is 6.10. The fourth-order valence-electron chi connectivity index (χ4n) is 4.43. The second-order valence-electron chi connectivity index (χ2n) is 8.79. The molecule has 178 valence electrons. The molecule has 2 aliphatic rings. The molecular weight excluding hydrogens is 423 g/mol. The summed E-state index contributed by atoms with van der Waals surface area (Å²) in [5, 5.41) is 0. The number of nitrogens with zero attached hydrogens (tertiary/aromatic N) is 2. The largest absolute Gasteiger partial charge is 0.476 e. The predicted octanol–water partition coefficient (Wildman–Crippen LogP) is 3.42. The number of carbonyl (C=O) groups excluding carboxylic acids is 1. The van der Waals surface area contributed by atoms with Gasteiger partial charge in [-0.25, -0.2) is 4.39 Å². The van der Waals surface area contributed by atoms with Crippen molar-refractivity contribution < 1.29 is 23.4 Å². The first-order valence-electron chi connectivity index (χ1n) is 11.8. The molecule has 2 aliphatic heterocycles. The fourth-order valence-corrected chi connectivity index (χ4v) is 4.43. The van der Waals surface area contributed by atoms with Gasteiger partial charge in [0.2, 0.25) is 0 Å². The van der Waals surface area contributed by atoms with E-state index in [0.717, 1.165) is 25.0 Å². The van der Waals surface area contributed by atoms with Crippen molar-refractivity contribution >= 4 is 5.91 Å². The van der Waals surface area contributed by atoms with Crippen molar-refractivity contribution in [3.8, 4) is 5.75 Å². The first kappa shape index (κ1) is 23.7. The van der Waals surface area contributed by atoms with Gasteiger partial charge in [0.1, 0.15) is 0 Å². The average Bonchev–Trinajstić information content (AvgIpc) is 3.33. The van der Waals surface area contributed by atoms with Crippen LogP contribution in [0.4, 0.5) is 4.39 Å². The van der Waals surface area contributed by atoms with Crippen LogP contribution in [0.15, 0.2) is 48.5 Å². The molecule has 0 spiro atoms. The second-order valence-corrected chi connectivity index (χ2v) is 8.79. The zero-order valence-electron chi connectivity index (χ0n) is 19.2. The Morgan fingerprint density at radius 3 is 2.73 bits per heavy atom. The topological polar surface area (TPSA) is 51.2 Å². The van der Waals surface area contributed by atoms with Crippen LogP contribution in [0.2, 0.25) is 0 Å². The summed E-state index contributed by atoms with van der Waals surface area (Å²) in [6.07, 6.45) is 1.35. The van der Waals surface area contributed by atoms with Crippen molar-refractivity contribution in [1.29, 1.82) is 0 Å². The van der Waals surface area contributed by atoms with Crippen molar-refractivity contribution in [2.24, 2.45) is 0 Å². The summed E-state index contributed by atoms with van der Waals surface area (Å²) >= 11 is 0. The van der Waals surface area contributed by atoms with E-state index in [1.165, 1.54) is 11.6 Å². The average molecular weight is 457 g/mol. The van der Waals surface area contributed by atoms with Crippen LogP contribution < -0.4 is 4.74 Å². The number of halogens is 1. The number of aryl methyl sites for hydroxylation is 1. The highest BCUT2D eigenvalue weighted by Crippen LogP contribution is 2.21. The SMILES string of the molecule is Cc1cccc(CN(CC2CCCO2)CC(Oc2ccccc2F)C(=O)N2CCOCC2)c1. The second kappa shape index (κ2) is 11.6. The quantitative estimate of drug-likeness (QED) is 0.579. The molecule has 0 bridgehead atoms. The lowest BCUT2D eigenvalue weighted by atomic mass is 10.1. The van der Waals surface area contributed by atoms with E-state index in [1.807, 2.05) is 6.07 Å². The lowest BCUT2D eigenvalue weighted by molar-refractivity contribution is -0.144. The molecular formula is C26H33FN2O4. The molecule has 2 fully saturated rings. The third kappa shape index (κ3) is 6.76. The number of hydrogen-bond acceptors (Lipinski definition) is 5. The highest BCUT2D eigenvalue weighted by Gasteiger charge is 2.31. The number of amides is 1. The monoisotopic (exact) mass is 456 g/mol. The summed E-state index contributed by atoms with van der Waals surface area (Å²) in [7, 11) is 0. The van der Waals surface area contributed by atoms with Gasteiger partial charge < -0.3 is 19.1 Å². The Bertz CT molecular complexity index is 913. The summed E-state index contributed by atoms with van der Waals surface area (Å²) < 4.78 is 31.7. The number of rotatable bonds is 9. The van der Waals surface area contributed by atoms with E-state index < -0.39 is 11.9 Å². The Balaban J connectivity index is 1.55. The molecule has 4 rings (SSSR count). The van der Waals surface area contributed by atoms with Gasteiger partial charge in [0.15, 0.2) is 17.7 Å². The smallest absolute Gasteiger partial charge is 0.265 e. The van der Waals surface area contributed by atoms with E-state index in [1.54, 1.807) is 23.1 Å². The Hall–Kier alpha value is -2.48. The minimum Gasteiger partial charge on any atom is -0.476 e. The maximum absolute atomic E-state index is 14.4. The van der Waals surface area contributed by atoms with Crippen LogP contribution in [0, 0.1) is 12.7 Å². The van der Waals surface area contributed by atoms with Gasteiger partial charge in [-0.3, -0.25) is 9.69 Å². The van der Waals surface area contributed by atoms with Gasteiger partial charge in [0.05, 0.1) is 19.3 Å². The summed E-state index contributed by atoms with van der Waals surface area (Å²) in [6, 6.07) is 14.6. The number of hydrogen-bond donors (Lipinski definition) is 0. The summed E-state index contributed by atoms with van der Waals surface area (Å²) in [5.41, 5.74) is 2.35. The van der Waals surface area contributed by atoms with Crippen LogP contribution in [0.25, 0.3) is 0 Å². The van der Waals surface area contributed by atoms with E-state index in [2.05, 4.69) is 30.0 Å². The van der Waals surface area contributed by atoms with Crippen LogP contribution >= 0.6 is 0 Å². The van der Waals surface area contributed by atoms with Crippen LogP contribution in [0.3, 0.4) is 0 Å². The molecule has 0 aromatic heterocycles. The van der Waals surface area contributed by atoms with Crippen molar-refractivity contribution in [3.05, 3.63) is 65.5 Å². The van der Waals surface area contributed by atoms with Crippen LogP contribution in [0.1, 0.15) is 24.0 Å². The molecule has 2 aromatic rings. The molecule has 1 amide bonds. The standard InChI is InChI=1S/C26H33FN2O4/c1-20-6-4-7-21(16-20)17-28(18-22-8-5-13-32-22)19-25(26(30)29-11-14-31-15-12-29)33-24-10-3-2-9-23(24)27/h2-4,6-7,9-10,16,22,25H,5,8,11-15,17-19H2,1H3. The molecule has 0 aliphatic carbocycles. The van der Waals surface area contributed by atoms with Crippen molar-refractivity contribution in [2.75, 3.05) is 46.0 Å². The number of ether oxygens (including phenoxy) is 3. The highest BCUT2D eigenvalue weighted by atomic mass is 19.1. The van der Waals surface area contributed by atoms with Crippen LogP contribution in [-0.4, -0.2) is 73.9 Å². The van der Waals surface area contributed by atoms with Crippen molar-refractivity contribution in [3.63, 3.8) is 0 Å². The molecule has 2 unspecified atom stereocenters. The lowest BCUT2D eigenvalue weighted by Crippen LogP contribution is -2.51. The summed E-state index contributed by atoms with van der Waals surface area (Å²) in [6.45, 7) is 6.57. The Morgan fingerprint density at radius 2 is 2.00 bits per heavy atom. The minimum atomic E-state index is -0.828. The predicted molar refractivity (Wildman–Crippen MR) is 124 cm³/mol. The third-order valence-corrected chi connectivity index (χ3v) is 6.10. The Labute approximate surface area is 195 Å². The van der Waals surface area contributed by atoms with E-state index in [-0.39, 0.29) is 17.8 Å². The van der Waals surface area contributed by atoms with Gasteiger partial charge in [0, 0.05) is 39.3 Å². The van der Waals surface area contributed by atoms with Gasteiger partial charge >= 0.3 is 0 Å². The highest BCUT2D eigenvalue weighted by molar-refractivity contribution is 5.81. The first-order valence-corrected chi connectivity index (χ1v) is 11.8. The van der Waals surface area contributed by atoms with Gasteiger partial charge in [-0.1, -0.05) is 42.0 Å². The molecule has 2 aromatic carbocycles. The molecule has 0 saturated carbocycles. The van der Waals surface area contributed by atoms with Gasteiger partial charge in [-0.15, -0.1) is 0 Å². The molecule has 2 saturated heterocycles. The Morgan fingerprint density at radius 1 is 1.18 bits per heavy atom. The van der Waals surface area contributed by atoms with E-state index >= 15 is 0 Å². The maximum atomic E-state index is 14.4. The van der Waals surface area contributed by atoms with Crippen LogP contribution in [0.5, 0.6) is 5.75 Å². The van der Waals surface area contributed by atoms with Crippen molar-refractivity contribution in [2.45, 2.75) is 38.5 Å². The zero-order chi connectivity index (χ0) is 23.0. The van der Waals surface area contributed by atoms with Crippen LogP contribution in [-0.2, 0) is 20.8 Å². The molecule has 33 heavy (non-hydrogen) atoms. The first-order chi connectivity index (χ1) is 16.1. The Kier molecular flexibility index (Phi) is 8.31. The zero-order valence-corrected chi connectivity index (χ0v) is 19.2. The van der Waals surface area contributed by atoms with E-state index in [4.69, 9.17) is 14.2 Å². The number of para-hydroxylation sites is 1. The van der Waals surface area contributed by atoms with Gasteiger partial charge in [-0.05, 0) is 37.5 Å². The number of carbonyl (C=O) groups is 1. The summed E-state index contributed by atoms with van der Waals surface area (Å²) in [4.78, 5) is 17.4. The number of morpholine rings is 1. The lowest BCUT2D eigenvalue weighted by Gasteiger charge is -2.34. The van der Waals surface area contributed by atoms with Crippen molar-refractivity contribution in [1.82, 2.24) is 9.80 Å². The number of benzene rings is 2. The minimum absolute atomic E-state index is 0.0942. The summed E-state index contributed by atoms with van der Waals surface area (Å²) in [5.74, 6) is -0.512. The maximum Gasteiger partial charge on any atom is 0.265 e. The molecule has 6 nitrogen and oxygen atoms in total. The fraction of sp³-hybridized carbons (Fsp3) is 0.500. The molecule has 0 radical (unpaired) electrons. The van der Waals surface area contributed by atoms with E-state index in [0.29, 0.717) is 45.9 Å². The van der Waals surface area contributed by atoms with Gasteiger partial charge in [0.25, 0.3) is 5.91 Å². The molecule has 0 N–H and O–H groups in total.